The summed E-state index contributed by atoms with van der Waals surface area (Å²) in [6.45, 7) is 5.62. The summed E-state index contributed by atoms with van der Waals surface area (Å²) in [5.74, 6) is 1.11. The molecule has 4 nitrogen and oxygen atoms in total. The molecule has 0 radical (unpaired) electrons. The monoisotopic (exact) mass is 325 g/mol. The lowest BCUT2D eigenvalue weighted by atomic mass is 9.68. The van der Waals surface area contributed by atoms with Crippen LogP contribution in [0.5, 0.6) is 11.5 Å². The minimum Gasteiger partial charge on any atom is -0.508 e. The molecular weight excluding hydrogens is 302 g/mol. The zero-order valence-corrected chi connectivity index (χ0v) is 14.1. The first-order chi connectivity index (χ1) is 11.5. The Morgan fingerprint density at radius 3 is 2.62 bits per heavy atom. The van der Waals surface area contributed by atoms with Gasteiger partial charge in [-0.15, -0.1) is 0 Å². The van der Waals surface area contributed by atoms with Crippen molar-refractivity contribution in [2.45, 2.75) is 25.7 Å². The number of ether oxygens (including phenoxy) is 1. The van der Waals surface area contributed by atoms with Crippen LogP contribution >= 0.6 is 0 Å². The number of benzene rings is 2. The highest BCUT2D eigenvalue weighted by Crippen LogP contribution is 2.40. The molecule has 0 bridgehead atoms. The summed E-state index contributed by atoms with van der Waals surface area (Å²) in [6, 6.07) is 16.6. The van der Waals surface area contributed by atoms with Crippen LogP contribution < -0.4 is 4.74 Å². The van der Waals surface area contributed by atoms with Gasteiger partial charge in [0.15, 0.2) is 0 Å². The molecule has 0 unspecified atom stereocenters. The van der Waals surface area contributed by atoms with E-state index >= 15 is 0 Å². The average Bonchev–Trinajstić information content (AvgIpc) is 2.58. The Labute approximate surface area is 142 Å². The number of aromatic hydroxyl groups is 1. The molecule has 4 heteroatoms. The second-order valence-electron chi connectivity index (χ2n) is 6.75. The van der Waals surface area contributed by atoms with Gasteiger partial charge in [-0.05, 0) is 47.6 Å². The van der Waals surface area contributed by atoms with E-state index in [2.05, 4.69) is 13.8 Å². The summed E-state index contributed by atoms with van der Waals surface area (Å²) >= 11 is 0. The number of hydrogen-bond acceptors (Lipinski definition) is 3. The van der Waals surface area contributed by atoms with Gasteiger partial charge < -0.3 is 14.7 Å². The molecule has 1 saturated heterocycles. The first kappa shape index (κ1) is 16.4. The molecule has 0 aromatic heterocycles. The molecular formula is C20H23NO3. The van der Waals surface area contributed by atoms with Crippen LogP contribution in [-0.4, -0.2) is 29.2 Å². The van der Waals surface area contributed by atoms with Gasteiger partial charge in [-0.2, -0.15) is 0 Å². The fourth-order valence-electron chi connectivity index (χ4n) is 3.35. The number of para-hydroxylation sites is 1. The number of phenolic OH excluding ortho intramolecular Hbond substituents is 1. The first-order valence-corrected chi connectivity index (χ1v) is 8.30. The van der Waals surface area contributed by atoms with Crippen molar-refractivity contribution in [3.63, 3.8) is 0 Å². The van der Waals surface area contributed by atoms with Gasteiger partial charge in [-0.1, -0.05) is 44.2 Å². The van der Waals surface area contributed by atoms with Crippen molar-refractivity contribution in [2.24, 2.45) is 5.92 Å². The number of phenols is 1. The number of hydrogen-bond donors (Lipinski definition) is 1. The number of amides is 1. The minimum absolute atomic E-state index is 0.0672. The van der Waals surface area contributed by atoms with Crippen LogP contribution in [0.1, 0.15) is 25.8 Å². The van der Waals surface area contributed by atoms with Crippen LogP contribution in [-0.2, 0) is 5.41 Å². The molecule has 0 spiro atoms. The minimum atomic E-state index is -0.300. The van der Waals surface area contributed by atoms with Gasteiger partial charge in [-0.3, -0.25) is 0 Å². The molecule has 1 fully saturated rings. The predicted octanol–water partition coefficient (Wildman–Crippen LogP) is 4.19. The van der Waals surface area contributed by atoms with Gasteiger partial charge in [0.05, 0.1) is 0 Å². The van der Waals surface area contributed by atoms with E-state index in [0.717, 1.165) is 12.0 Å². The molecule has 1 heterocycles. The predicted molar refractivity (Wildman–Crippen MR) is 93.3 cm³/mol. The van der Waals surface area contributed by atoms with Gasteiger partial charge in [0.2, 0.25) is 0 Å². The van der Waals surface area contributed by atoms with E-state index in [-0.39, 0.29) is 23.2 Å². The standard InChI is InChI=1S/C20H23NO3/c1-15-14-21(19(23)24-18-9-4-3-5-10-18)12-11-20(15,2)16-7-6-8-17(22)13-16/h3-10,13,15,22H,11-12,14H2,1-2H3/t15-,20+/m0/s1. The van der Waals surface area contributed by atoms with Gasteiger partial charge in [0, 0.05) is 13.1 Å². The summed E-state index contributed by atoms with van der Waals surface area (Å²) in [5, 5.41) is 9.76. The molecule has 0 saturated carbocycles. The van der Waals surface area contributed by atoms with Gasteiger partial charge in [0.25, 0.3) is 0 Å². The Kier molecular flexibility index (Phi) is 4.47. The normalized spacial score (nSPS) is 23.8. The number of carbonyl (C=O) groups excluding carboxylic acids is 1. The Bertz CT molecular complexity index is 716. The number of likely N-dealkylation sites (tertiary alicyclic amines) is 1. The fraction of sp³-hybridized carbons (Fsp3) is 0.350. The van der Waals surface area contributed by atoms with Crippen LogP contribution in [0.4, 0.5) is 4.79 Å². The van der Waals surface area contributed by atoms with Crippen LogP contribution in [0, 0.1) is 5.92 Å². The summed E-state index contributed by atoms with van der Waals surface area (Å²) < 4.78 is 5.44. The summed E-state index contributed by atoms with van der Waals surface area (Å²) in [7, 11) is 0. The quantitative estimate of drug-likeness (QED) is 0.900. The van der Waals surface area contributed by atoms with E-state index in [1.165, 1.54) is 0 Å². The smallest absolute Gasteiger partial charge is 0.415 e. The van der Waals surface area contributed by atoms with Crippen molar-refractivity contribution in [3.8, 4) is 11.5 Å². The Morgan fingerprint density at radius 1 is 1.21 bits per heavy atom. The summed E-state index contributed by atoms with van der Waals surface area (Å²) in [5.41, 5.74) is 1.05. The lowest BCUT2D eigenvalue weighted by Crippen LogP contribution is -2.50. The molecule has 3 rings (SSSR count). The van der Waals surface area contributed by atoms with Crippen molar-refractivity contribution >= 4 is 6.09 Å². The molecule has 1 amide bonds. The molecule has 1 aliphatic heterocycles. The average molecular weight is 325 g/mol. The number of nitrogens with zero attached hydrogens (tertiary/aromatic N) is 1. The lowest BCUT2D eigenvalue weighted by Gasteiger charge is -2.44. The van der Waals surface area contributed by atoms with Crippen molar-refractivity contribution in [1.29, 1.82) is 0 Å². The zero-order chi connectivity index (χ0) is 17.2. The van der Waals surface area contributed by atoms with E-state index in [4.69, 9.17) is 4.74 Å². The highest BCUT2D eigenvalue weighted by molar-refractivity contribution is 5.71. The third-order valence-corrected chi connectivity index (χ3v) is 5.20. The Morgan fingerprint density at radius 2 is 1.96 bits per heavy atom. The van der Waals surface area contributed by atoms with Crippen LogP contribution in [0.15, 0.2) is 54.6 Å². The van der Waals surface area contributed by atoms with Crippen LogP contribution in [0.25, 0.3) is 0 Å². The SMILES string of the molecule is C[C@H]1CN(C(=O)Oc2ccccc2)CC[C@@]1(C)c1cccc(O)c1. The maximum Gasteiger partial charge on any atom is 0.415 e. The zero-order valence-electron chi connectivity index (χ0n) is 14.1. The first-order valence-electron chi connectivity index (χ1n) is 8.30. The Balaban J connectivity index is 1.70. The van der Waals surface area contributed by atoms with Gasteiger partial charge >= 0.3 is 6.09 Å². The molecule has 0 aliphatic carbocycles. The summed E-state index contributed by atoms with van der Waals surface area (Å²) in [4.78, 5) is 14.1. The topological polar surface area (TPSA) is 49.8 Å². The Hall–Kier alpha value is -2.49. The van der Waals surface area contributed by atoms with Crippen molar-refractivity contribution in [1.82, 2.24) is 4.90 Å². The van der Waals surface area contributed by atoms with E-state index in [0.29, 0.717) is 18.8 Å². The molecule has 2 aromatic rings. The molecule has 2 aromatic carbocycles. The molecule has 24 heavy (non-hydrogen) atoms. The second-order valence-corrected chi connectivity index (χ2v) is 6.75. The number of piperidine rings is 1. The molecule has 1 aliphatic rings. The molecule has 1 N–H and O–H groups in total. The highest BCUT2D eigenvalue weighted by Gasteiger charge is 2.39. The van der Waals surface area contributed by atoms with E-state index in [1.54, 1.807) is 23.1 Å². The van der Waals surface area contributed by atoms with Crippen LogP contribution in [0.2, 0.25) is 0 Å². The van der Waals surface area contributed by atoms with Gasteiger partial charge in [-0.25, -0.2) is 4.79 Å². The maximum atomic E-state index is 12.4. The van der Waals surface area contributed by atoms with Crippen molar-refractivity contribution < 1.29 is 14.6 Å². The van der Waals surface area contributed by atoms with Crippen molar-refractivity contribution in [2.75, 3.05) is 13.1 Å². The van der Waals surface area contributed by atoms with Crippen LogP contribution in [0.3, 0.4) is 0 Å². The number of rotatable bonds is 2. The van der Waals surface area contributed by atoms with Crippen molar-refractivity contribution in [3.05, 3.63) is 60.2 Å². The van der Waals surface area contributed by atoms with E-state index < -0.39 is 0 Å². The fourth-order valence-corrected chi connectivity index (χ4v) is 3.35. The maximum absolute atomic E-state index is 12.4. The molecule has 126 valence electrons. The summed E-state index contributed by atoms with van der Waals surface area (Å²) in [6.07, 6.45) is 0.535. The highest BCUT2D eigenvalue weighted by atomic mass is 16.6. The third-order valence-electron chi connectivity index (χ3n) is 5.20. The van der Waals surface area contributed by atoms with E-state index in [1.807, 2.05) is 36.4 Å². The van der Waals surface area contributed by atoms with Gasteiger partial charge in [0.1, 0.15) is 11.5 Å². The lowest BCUT2D eigenvalue weighted by molar-refractivity contribution is 0.0969. The third kappa shape index (κ3) is 3.23. The molecule has 2 atom stereocenters. The van der Waals surface area contributed by atoms with E-state index in [9.17, 15) is 9.90 Å². The second kappa shape index (κ2) is 6.56. The number of carbonyl (C=O) groups is 1. The largest absolute Gasteiger partial charge is 0.508 e.